The average molecular weight is 199 g/mol. The van der Waals surface area contributed by atoms with Gasteiger partial charge < -0.3 is 9.73 Å². The van der Waals surface area contributed by atoms with Crippen LogP contribution in [-0.4, -0.2) is 6.54 Å². The van der Waals surface area contributed by atoms with Gasteiger partial charge in [0.25, 0.3) is 0 Å². The highest BCUT2D eigenvalue weighted by Gasteiger charge is 2.10. The van der Waals surface area contributed by atoms with Gasteiger partial charge in [-0.3, -0.25) is 0 Å². The van der Waals surface area contributed by atoms with Crippen molar-refractivity contribution in [3.8, 4) is 11.3 Å². The summed E-state index contributed by atoms with van der Waals surface area (Å²) >= 11 is 0. The molecule has 1 aromatic carbocycles. The predicted octanol–water partition coefficient (Wildman–Crippen LogP) is 2.59. The Hall–Kier alpha value is -1.54. The maximum absolute atomic E-state index is 5.39. The van der Waals surface area contributed by atoms with Crippen LogP contribution in [-0.2, 0) is 13.0 Å². The zero-order chi connectivity index (χ0) is 10.1. The van der Waals surface area contributed by atoms with Crippen LogP contribution in [0.15, 0.2) is 41.0 Å². The third-order valence-corrected chi connectivity index (χ3v) is 2.90. The van der Waals surface area contributed by atoms with Crippen molar-refractivity contribution in [1.82, 2.24) is 5.32 Å². The second kappa shape index (κ2) is 3.55. The maximum Gasteiger partial charge on any atom is 0.133 e. The van der Waals surface area contributed by atoms with Crippen LogP contribution < -0.4 is 5.32 Å². The van der Waals surface area contributed by atoms with Crippen LogP contribution in [0.4, 0.5) is 0 Å². The van der Waals surface area contributed by atoms with Crippen molar-refractivity contribution in [1.29, 1.82) is 0 Å². The number of fused-ring (bicyclic) bond motifs is 1. The van der Waals surface area contributed by atoms with Gasteiger partial charge in [0.1, 0.15) is 5.76 Å². The highest BCUT2D eigenvalue weighted by Crippen LogP contribution is 2.24. The number of rotatable bonds is 1. The first kappa shape index (κ1) is 8.74. The van der Waals surface area contributed by atoms with E-state index in [1.54, 1.807) is 6.26 Å². The molecule has 1 aliphatic rings. The summed E-state index contributed by atoms with van der Waals surface area (Å²) in [5.41, 5.74) is 4.04. The summed E-state index contributed by atoms with van der Waals surface area (Å²) in [6, 6.07) is 10.5. The summed E-state index contributed by atoms with van der Waals surface area (Å²) in [7, 11) is 0. The molecule has 2 nitrogen and oxygen atoms in total. The zero-order valence-electron chi connectivity index (χ0n) is 8.49. The molecule has 0 spiro atoms. The Morgan fingerprint density at radius 3 is 3.00 bits per heavy atom. The molecule has 2 aromatic rings. The Morgan fingerprint density at radius 1 is 1.13 bits per heavy atom. The molecule has 0 saturated carbocycles. The van der Waals surface area contributed by atoms with Crippen molar-refractivity contribution in [2.45, 2.75) is 13.0 Å². The topological polar surface area (TPSA) is 25.2 Å². The minimum absolute atomic E-state index is 0.955. The highest BCUT2D eigenvalue weighted by molar-refractivity contribution is 5.59. The van der Waals surface area contributed by atoms with Gasteiger partial charge in [0.2, 0.25) is 0 Å². The lowest BCUT2D eigenvalue weighted by molar-refractivity contribution is 0.581. The summed E-state index contributed by atoms with van der Waals surface area (Å²) in [6.07, 6.45) is 2.83. The molecule has 0 unspecified atom stereocenters. The third-order valence-electron chi connectivity index (χ3n) is 2.90. The Labute approximate surface area is 88.9 Å². The molecule has 0 fully saturated rings. The summed E-state index contributed by atoms with van der Waals surface area (Å²) < 4.78 is 5.39. The molecule has 2 heterocycles. The molecule has 2 heteroatoms. The predicted molar refractivity (Wildman–Crippen MR) is 59.6 cm³/mol. The Kier molecular flexibility index (Phi) is 2.07. The van der Waals surface area contributed by atoms with Crippen LogP contribution in [0.1, 0.15) is 11.1 Å². The number of hydrogen-bond donors (Lipinski definition) is 1. The number of hydrogen-bond acceptors (Lipinski definition) is 2. The van der Waals surface area contributed by atoms with E-state index >= 15 is 0 Å². The molecule has 0 radical (unpaired) electrons. The lowest BCUT2D eigenvalue weighted by Gasteiger charge is -2.17. The van der Waals surface area contributed by atoms with Gasteiger partial charge in [-0.25, -0.2) is 0 Å². The molecule has 0 bridgehead atoms. The Morgan fingerprint density at radius 2 is 2.13 bits per heavy atom. The lowest BCUT2D eigenvalue weighted by atomic mass is 9.98. The van der Waals surface area contributed by atoms with Crippen LogP contribution in [0, 0.1) is 0 Å². The van der Waals surface area contributed by atoms with Gasteiger partial charge in [-0.15, -0.1) is 0 Å². The fourth-order valence-corrected chi connectivity index (χ4v) is 2.07. The van der Waals surface area contributed by atoms with Crippen molar-refractivity contribution in [2.24, 2.45) is 0 Å². The molecule has 1 aliphatic heterocycles. The highest BCUT2D eigenvalue weighted by atomic mass is 16.3. The second-order valence-corrected chi connectivity index (χ2v) is 3.89. The van der Waals surface area contributed by atoms with E-state index < -0.39 is 0 Å². The van der Waals surface area contributed by atoms with Crippen molar-refractivity contribution < 1.29 is 4.42 Å². The van der Waals surface area contributed by atoms with E-state index in [2.05, 4.69) is 23.5 Å². The SMILES string of the molecule is c1coc(-c2ccc3c(c2)CCNC3)c1. The number of nitrogens with one attached hydrogen (secondary N) is 1. The Bertz CT molecular complexity index is 459. The smallest absolute Gasteiger partial charge is 0.133 e. The fraction of sp³-hybridized carbons (Fsp3) is 0.231. The normalized spacial score (nSPS) is 14.9. The van der Waals surface area contributed by atoms with Crippen LogP contribution in [0.5, 0.6) is 0 Å². The van der Waals surface area contributed by atoms with Crippen LogP contribution in [0.25, 0.3) is 11.3 Å². The molecule has 15 heavy (non-hydrogen) atoms. The van der Waals surface area contributed by atoms with E-state index in [0.29, 0.717) is 0 Å². The van der Waals surface area contributed by atoms with Gasteiger partial charge in [0.05, 0.1) is 6.26 Å². The molecular weight excluding hydrogens is 186 g/mol. The van der Waals surface area contributed by atoms with Crippen molar-refractivity contribution in [3.63, 3.8) is 0 Å². The molecule has 0 aliphatic carbocycles. The van der Waals surface area contributed by atoms with Crippen molar-refractivity contribution in [2.75, 3.05) is 6.54 Å². The molecule has 3 rings (SSSR count). The van der Waals surface area contributed by atoms with Gasteiger partial charge in [-0.05, 0) is 42.3 Å². The van der Waals surface area contributed by atoms with E-state index in [-0.39, 0.29) is 0 Å². The second-order valence-electron chi connectivity index (χ2n) is 3.89. The molecule has 76 valence electrons. The van der Waals surface area contributed by atoms with Gasteiger partial charge in [-0.2, -0.15) is 0 Å². The molecule has 1 N–H and O–H groups in total. The molecule has 0 amide bonds. The third kappa shape index (κ3) is 1.57. The first-order valence-electron chi connectivity index (χ1n) is 5.30. The standard InChI is InChI=1S/C13H13NO/c1-2-13(15-7-1)11-3-4-12-9-14-6-5-10(12)8-11/h1-4,7-8,14H,5-6,9H2. The minimum Gasteiger partial charge on any atom is -0.464 e. The monoisotopic (exact) mass is 199 g/mol. The number of benzene rings is 1. The van der Waals surface area contributed by atoms with E-state index in [4.69, 9.17) is 4.42 Å². The van der Waals surface area contributed by atoms with E-state index in [0.717, 1.165) is 25.3 Å². The van der Waals surface area contributed by atoms with Crippen LogP contribution in [0.3, 0.4) is 0 Å². The zero-order valence-corrected chi connectivity index (χ0v) is 8.49. The maximum atomic E-state index is 5.39. The molecule has 0 saturated heterocycles. The van der Waals surface area contributed by atoms with E-state index in [9.17, 15) is 0 Å². The Balaban J connectivity index is 2.04. The summed E-state index contributed by atoms with van der Waals surface area (Å²) in [5.74, 6) is 0.955. The minimum atomic E-state index is 0.955. The number of furan rings is 1. The van der Waals surface area contributed by atoms with Gasteiger partial charge in [0, 0.05) is 12.1 Å². The van der Waals surface area contributed by atoms with Gasteiger partial charge in [-0.1, -0.05) is 12.1 Å². The molecular formula is C13H13NO. The first-order valence-corrected chi connectivity index (χ1v) is 5.30. The molecule has 1 aromatic heterocycles. The summed E-state index contributed by atoms with van der Waals surface area (Å²) in [5, 5.41) is 3.37. The largest absolute Gasteiger partial charge is 0.464 e. The fourth-order valence-electron chi connectivity index (χ4n) is 2.07. The lowest BCUT2D eigenvalue weighted by Crippen LogP contribution is -2.23. The summed E-state index contributed by atoms with van der Waals surface area (Å²) in [4.78, 5) is 0. The van der Waals surface area contributed by atoms with E-state index in [1.165, 1.54) is 16.7 Å². The van der Waals surface area contributed by atoms with Crippen molar-refractivity contribution >= 4 is 0 Å². The van der Waals surface area contributed by atoms with Crippen LogP contribution >= 0.6 is 0 Å². The quantitative estimate of drug-likeness (QED) is 0.763. The van der Waals surface area contributed by atoms with Gasteiger partial charge >= 0.3 is 0 Å². The van der Waals surface area contributed by atoms with Crippen molar-refractivity contribution in [3.05, 3.63) is 47.7 Å². The first-order chi connectivity index (χ1) is 7.43. The van der Waals surface area contributed by atoms with Gasteiger partial charge in [0.15, 0.2) is 0 Å². The van der Waals surface area contributed by atoms with E-state index in [1.807, 2.05) is 12.1 Å². The average Bonchev–Trinajstić information content (AvgIpc) is 2.82. The van der Waals surface area contributed by atoms with Crippen LogP contribution in [0.2, 0.25) is 0 Å². The summed E-state index contributed by atoms with van der Waals surface area (Å²) in [6.45, 7) is 2.07. The molecule has 0 atom stereocenters.